The van der Waals surface area contributed by atoms with Crippen LogP contribution in [-0.4, -0.2) is 25.7 Å². The van der Waals surface area contributed by atoms with Gasteiger partial charge in [-0.3, -0.25) is 4.79 Å². The number of hydrogen-bond donors (Lipinski definition) is 1. The summed E-state index contributed by atoms with van der Waals surface area (Å²) in [6.45, 7) is 1.94. The molecular weight excluding hydrogens is 417 g/mol. The van der Waals surface area contributed by atoms with Crippen molar-refractivity contribution in [3.8, 4) is 11.4 Å². The molecule has 31 heavy (non-hydrogen) atoms. The Balaban J connectivity index is 1.52. The fourth-order valence-electron chi connectivity index (χ4n) is 3.50. The van der Waals surface area contributed by atoms with Gasteiger partial charge in [0.1, 0.15) is 5.82 Å². The van der Waals surface area contributed by atoms with Crippen LogP contribution in [0.2, 0.25) is 5.02 Å². The van der Waals surface area contributed by atoms with E-state index in [-0.39, 0.29) is 10.6 Å². The number of carbonyl (C=O) groups is 1. The molecule has 0 unspecified atom stereocenters. The van der Waals surface area contributed by atoms with Crippen molar-refractivity contribution in [1.29, 1.82) is 0 Å². The van der Waals surface area contributed by atoms with E-state index in [1.165, 1.54) is 12.1 Å². The maximum absolute atomic E-state index is 13.7. The number of benzene rings is 3. The molecule has 2 heterocycles. The zero-order chi connectivity index (χ0) is 21.5. The minimum atomic E-state index is -0.647. The smallest absolute Gasteiger partial charge is 0.255 e. The van der Waals surface area contributed by atoms with E-state index in [1.54, 1.807) is 22.7 Å². The Morgan fingerprint density at radius 3 is 2.61 bits per heavy atom. The van der Waals surface area contributed by atoms with E-state index in [2.05, 4.69) is 20.6 Å². The van der Waals surface area contributed by atoms with Crippen LogP contribution in [0.25, 0.3) is 27.8 Å². The molecule has 0 aliphatic heterocycles. The summed E-state index contributed by atoms with van der Waals surface area (Å²) in [6.07, 6.45) is 0. The van der Waals surface area contributed by atoms with Gasteiger partial charge in [-0.25, -0.2) is 4.39 Å². The van der Waals surface area contributed by atoms with Crippen LogP contribution in [0.15, 0.2) is 66.7 Å². The SMILES string of the molecule is Cc1nn2c(-c3cccc(NC(=O)c4ccc(Cl)c(F)c4)c3)nnc2c2ccccc12. The molecule has 152 valence electrons. The zero-order valence-corrected chi connectivity index (χ0v) is 17.1. The number of fused-ring (bicyclic) bond motifs is 3. The third-order valence-corrected chi connectivity index (χ3v) is 5.32. The normalized spacial score (nSPS) is 11.2. The minimum absolute atomic E-state index is 0.0347. The van der Waals surface area contributed by atoms with Crippen LogP contribution in [0, 0.1) is 12.7 Å². The van der Waals surface area contributed by atoms with Crippen LogP contribution in [-0.2, 0) is 0 Å². The summed E-state index contributed by atoms with van der Waals surface area (Å²) in [5.74, 6) is -0.539. The van der Waals surface area contributed by atoms with Gasteiger partial charge in [0, 0.05) is 27.6 Å². The molecule has 0 radical (unpaired) electrons. The summed E-state index contributed by atoms with van der Waals surface area (Å²) in [7, 11) is 0. The maximum atomic E-state index is 13.7. The first kappa shape index (κ1) is 19.1. The molecule has 0 atom stereocenters. The van der Waals surface area contributed by atoms with Crippen molar-refractivity contribution in [2.24, 2.45) is 0 Å². The highest BCUT2D eigenvalue weighted by molar-refractivity contribution is 6.30. The topological polar surface area (TPSA) is 72.2 Å². The van der Waals surface area contributed by atoms with Crippen LogP contribution in [0.1, 0.15) is 16.1 Å². The molecule has 8 heteroatoms. The molecule has 0 saturated carbocycles. The highest BCUT2D eigenvalue weighted by Crippen LogP contribution is 2.26. The lowest BCUT2D eigenvalue weighted by atomic mass is 10.1. The largest absolute Gasteiger partial charge is 0.322 e. The third kappa shape index (κ3) is 3.39. The number of anilines is 1. The molecule has 2 aromatic heterocycles. The van der Waals surface area contributed by atoms with E-state index in [0.717, 1.165) is 28.1 Å². The molecule has 1 amide bonds. The van der Waals surface area contributed by atoms with Crippen LogP contribution in [0.3, 0.4) is 0 Å². The van der Waals surface area contributed by atoms with Gasteiger partial charge in [0.15, 0.2) is 11.5 Å². The van der Waals surface area contributed by atoms with Gasteiger partial charge < -0.3 is 5.32 Å². The molecule has 0 bridgehead atoms. The van der Waals surface area contributed by atoms with E-state index in [4.69, 9.17) is 11.6 Å². The van der Waals surface area contributed by atoms with E-state index in [1.807, 2.05) is 37.3 Å². The second-order valence-electron chi connectivity index (χ2n) is 7.05. The molecule has 3 aromatic carbocycles. The number of amides is 1. The molecule has 1 N–H and O–H groups in total. The number of aryl methyl sites for hydroxylation is 1. The quantitative estimate of drug-likeness (QED) is 0.421. The third-order valence-electron chi connectivity index (χ3n) is 5.01. The summed E-state index contributed by atoms with van der Waals surface area (Å²) in [5, 5.41) is 18.0. The summed E-state index contributed by atoms with van der Waals surface area (Å²) in [5.41, 5.74) is 2.95. The van der Waals surface area contributed by atoms with Crippen LogP contribution in [0.4, 0.5) is 10.1 Å². The average molecular weight is 432 g/mol. The van der Waals surface area contributed by atoms with Gasteiger partial charge in [0.25, 0.3) is 5.91 Å². The van der Waals surface area contributed by atoms with Crippen molar-refractivity contribution in [3.05, 3.63) is 88.8 Å². The fourth-order valence-corrected chi connectivity index (χ4v) is 3.61. The summed E-state index contributed by atoms with van der Waals surface area (Å²) >= 11 is 5.69. The summed E-state index contributed by atoms with van der Waals surface area (Å²) < 4.78 is 15.4. The van der Waals surface area contributed by atoms with Crippen molar-refractivity contribution in [2.45, 2.75) is 6.92 Å². The van der Waals surface area contributed by atoms with Crippen LogP contribution < -0.4 is 5.32 Å². The Kier molecular flexibility index (Phi) is 4.60. The molecule has 0 fully saturated rings. The van der Waals surface area contributed by atoms with Crippen molar-refractivity contribution in [2.75, 3.05) is 5.32 Å². The molecular formula is C23H15ClFN5O. The van der Waals surface area contributed by atoms with Gasteiger partial charge in [0.2, 0.25) is 0 Å². The predicted octanol–water partition coefficient (Wildman–Crippen LogP) is 5.30. The highest BCUT2D eigenvalue weighted by atomic mass is 35.5. The lowest BCUT2D eigenvalue weighted by Crippen LogP contribution is -2.12. The van der Waals surface area contributed by atoms with Gasteiger partial charge in [0.05, 0.1) is 10.7 Å². The van der Waals surface area contributed by atoms with Crippen LogP contribution >= 0.6 is 11.6 Å². The number of carbonyl (C=O) groups excluding carboxylic acids is 1. The molecule has 0 aliphatic rings. The number of nitrogens with zero attached hydrogens (tertiary/aromatic N) is 4. The standard InChI is InChI=1S/C23H15ClFN5O/c1-13-17-7-2-3-8-18(17)22-28-27-21(30(22)29-13)14-5-4-6-16(11-14)26-23(31)15-9-10-19(24)20(25)12-15/h2-12H,1H3,(H,26,31). The van der Waals surface area contributed by atoms with E-state index >= 15 is 0 Å². The number of nitrogens with one attached hydrogen (secondary N) is 1. The second kappa shape index (κ2) is 7.45. The van der Waals surface area contributed by atoms with E-state index in [9.17, 15) is 9.18 Å². The summed E-state index contributed by atoms with van der Waals surface area (Å²) in [6, 6.07) is 19.0. The Bertz CT molecular complexity index is 1480. The van der Waals surface area contributed by atoms with Crippen molar-refractivity contribution < 1.29 is 9.18 Å². The van der Waals surface area contributed by atoms with Gasteiger partial charge in [-0.1, -0.05) is 48.0 Å². The average Bonchev–Trinajstić information content (AvgIpc) is 3.20. The molecule has 5 aromatic rings. The Morgan fingerprint density at radius 2 is 1.81 bits per heavy atom. The predicted molar refractivity (Wildman–Crippen MR) is 118 cm³/mol. The number of rotatable bonds is 3. The highest BCUT2D eigenvalue weighted by Gasteiger charge is 2.15. The number of halogens is 2. The Labute approximate surface area is 181 Å². The molecule has 0 spiro atoms. The van der Waals surface area contributed by atoms with Gasteiger partial charge in [-0.2, -0.15) is 9.61 Å². The molecule has 0 aliphatic carbocycles. The van der Waals surface area contributed by atoms with Gasteiger partial charge in [-0.05, 0) is 37.3 Å². The first-order chi connectivity index (χ1) is 15.0. The minimum Gasteiger partial charge on any atom is -0.322 e. The lowest BCUT2D eigenvalue weighted by Gasteiger charge is -2.08. The molecule has 0 saturated heterocycles. The number of aromatic nitrogens is 4. The Morgan fingerprint density at radius 1 is 1.00 bits per heavy atom. The van der Waals surface area contributed by atoms with Crippen molar-refractivity contribution in [1.82, 2.24) is 19.8 Å². The van der Waals surface area contributed by atoms with E-state index in [0.29, 0.717) is 17.2 Å². The van der Waals surface area contributed by atoms with Crippen molar-refractivity contribution in [3.63, 3.8) is 0 Å². The van der Waals surface area contributed by atoms with Gasteiger partial charge >= 0.3 is 0 Å². The first-order valence-electron chi connectivity index (χ1n) is 9.49. The number of hydrogen-bond acceptors (Lipinski definition) is 4. The first-order valence-corrected chi connectivity index (χ1v) is 9.86. The van der Waals surface area contributed by atoms with E-state index < -0.39 is 11.7 Å². The fraction of sp³-hybridized carbons (Fsp3) is 0.0435. The van der Waals surface area contributed by atoms with Crippen LogP contribution in [0.5, 0.6) is 0 Å². The summed E-state index contributed by atoms with van der Waals surface area (Å²) in [4.78, 5) is 12.5. The maximum Gasteiger partial charge on any atom is 0.255 e. The Hall–Kier alpha value is -3.84. The molecule has 5 rings (SSSR count). The molecule has 6 nitrogen and oxygen atoms in total. The monoisotopic (exact) mass is 431 g/mol. The zero-order valence-electron chi connectivity index (χ0n) is 16.3. The second-order valence-corrected chi connectivity index (χ2v) is 7.46. The van der Waals surface area contributed by atoms with Crippen molar-refractivity contribution >= 4 is 39.6 Å². The van der Waals surface area contributed by atoms with Gasteiger partial charge in [-0.15, -0.1) is 10.2 Å². The lowest BCUT2D eigenvalue weighted by molar-refractivity contribution is 0.102.